The first kappa shape index (κ1) is 16.3. The third kappa shape index (κ3) is 3.40. The second-order valence-electron chi connectivity index (χ2n) is 5.71. The summed E-state index contributed by atoms with van der Waals surface area (Å²) in [7, 11) is 1.51. The number of hydrogen-bond acceptors (Lipinski definition) is 4. The van der Waals surface area contributed by atoms with Gasteiger partial charge in [0.2, 0.25) is 0 Å². The Hall–Kier alpha value is -2.06. The van der Waals surface area contributed by atoms with E-state index in [1.165, 1.54) is 7.11 Å². The van der Waals surface area contributed by atoms with Crippen molar-refractivity contribution >= 4 is 11.6 Å². The van der Waals surface area contributed by atoms with Gasteiger partial charge in [0.05, 0.1) is 12.7 Å². The highest BCUT2D eigenvalue weighted by Gasteiger charge is 2.48. The van der Waals surface area contributed by atoms with Crippen molar-refractivity contribution in [3.63, 3.8) is 0 Å². The molecule has 0 heterocycles. The molecule has 5 heteroatoms. The highest BCUT2D eigenvalue weighted by molar-refractivity contribution is 5.97. The van der Waals surface area contributed by atoms with Crippen LogP contribution < -0.4 is 10.1 Å². The molecule has 1 atom stereocenters. The molecule has 1 saturated carbocycles. The highest BCUT2D eigenvalue weighted by Crippen LogP contribution is 2.42. The van der Waals surface area contributed by atoms with Crippen LogP contribution in [0, 0.1) is 17.2 Å². The Labute approximate surface area is 131 Å². The summed E-state index contributed by atoms with van der Waals surface area (Å²) in [6, 6.07) is 7.08. The monoisotopic (exact) mass is 302 g/mol. The van der Waals surface area contributed by atoms with Crippen molar-refractivity contribution in [3.05, 3.63) is 23.8 Å². The lowest BCUT2D eigenvalue weighted by Crippen LogP contribution is -2.45. The standard InChI is InChI=1S/C17H22N2O3/c1-4-9-22-17(2,13-5-6-13)16(20)19-14-7-8-15(21-3)12(10-14)11-18/h7-8,10,13H,4-6,9H2,1-3H3,(H,19,20)/t17-/m1/s1. The maximum atomic E-state index is 12.6. The Morgan fingerprint density at radius 2 is 2.23 bits per heavy atom. The third-order valence-corrected chi connectivity index (χ3v) is 3.99. The van der Waals surface area contributed by atoms with Gasteiger partial charge in [-0.3, -0.25) is 4.79 Å². The maximum absolute atomic E-state index is 12.6. The van der Waals surface area contributed by atoms with E-state index in [0.29, 0.717) is 23.6 Å². The lowest BCUT2D eigenvalue weighted by molar-refractivity contribution is -0.142. The minimum absolute atomic E-state index is 0.155. The van der Waals surface area contributed by atoms with Crippen LogP contribution in [0.2, 0.25) is 0 Å². The van der Waals surface area contributed by atoms with Crippen molar-refractivity contribution < 1.29 is 14.3 Å². The van der Waals surface area contributed by atoms with Crippen molar-refractivity contribution in [2.45, 2.75) is 38.7 Å². The Bertz CT molecular complexity index is 590. The molecule has 1 aliphatic carbocycles. The fourth-order valence-electron chi connectivity index (χ4n) is 2.45. The van der Waals surface area contributed by atoms with Crippen molar-refractivity contribution in [2.75, 3.05) is 19.0 Å². The van der Waals surface area contributed by atoms with E-state index in [1.54, 1.807) is 18.2 Å². The number of ether oxygens (including phenoxy) is 2. The summed E-state index contributed by atoms with van der Waals surface area (Å²) in [5.74, 6) is 0.609. The first-order valence-corrected chi connectivity index (χ1v) is 7.58. The minimum atomic E-state index is -0.803. The lowest BCUT2D eigenvalue weighted by Gasteiger charge is -2.28. The Kier molecular flexibility index (Phi) is 5.04. The van der Waals surface area contributed by atoms with Crippen LogP contribution in [0.3, 0.4) is 0 Å². The second-order valence-corrected chi connectivity index (χ2v) is 5.71. The molecule has 1 fully saturated rings. The van der Waals surface area contributed by atoms with Crippen molar-refractivity contribution in [1.82, 2.24) is 0 Å². The fraction of sp³-hybridized carbons (Fsp3) is 0.529. The summed E-state index contributed by atoms with van der Waals surface area (Å²) in [6.07, 6.45) is 2.90. The van der Waals surface area contributed by atoms with Gasteiger partial charge in [0.1, 0.15) is 17.4 Å². The van der Waals surface area contributed by atoms with Crippen LogP contribution >= 0.6 is 0 Å². The molecule has 2 rings (SSSR count). The predicted octanol–water partition coefficient (Wildman–Crippen LogP) is 3.10. The normalized spacial score (nSPS) is 16.5. The van der Waals surface area contributed by atoms with Crippen LogP contribution in [0.5, 0.6) is 5.75 Å². The zero-order valence-corrected chi connectivity index (χ0v) is 13.3. The number of benzene rings is 1. The van der Waals surface area contributed by atoms with Gasteiger partial charge in [0.25, 0.3) is 5.91 Å². The van der Waals surface area contributed by atoms with Crippen LogP contribution in [0.4, 0.5) is 5.69 Å². The molecular formula is C17H22N2O3. The number of nitrogens with zero attached hydrogens (tertiary/aromatic N) is 1. The van der Waals surface area contributed by atoms with E-state index in [-0.39, 0.29) is 11.8 Å². The van der Waals surface area contributed by atoms with Gasteiger partial charge in [-0.1, -0.05) is 6.92 Å². The number of rotatable bonds is 7. The Balaban J connectivity index is 2.15. The van der Waals surface area contributed by atoms with Gasteiger partial charge in [0, 0.05) is 12.3 Å². The van der Waals surface area contributed by atoms with Crippen LogP contribution in [-0.2, 0) is 9.53 Å². The average Bonchev–Trinajstić information content (AvgIpc) is 3.37. The summed E-state index contributed by atoms with van der Waals surface area (Å²) >= 11 is 0. The van der Waals surface area contributed by atoms with E-state index < -0.39 is 5.60 Å². The highest BCUT2D eigenvalue weighted by atomic mass is 16.5. The molecule has 1 aliphatic rings. The predicted molar refractivity (Wildman–Crippen MR) is 83.7 cm³/mol. The van der Waals surface area contributed by atoms with E-state index in [0.717, 1.165) is 19.3 Å². The molecular weight excluding hydrogens is 280 g/mol. The lowest BCUT2D eigenvalue weighted by atomic mass is 9.98. The molecule has 1 N–H and O–H groups in total. The van der Waals surface area contributed by atoms with Crippen LogP contribution in [-0.4, -0.2) is 25.2 Å². The molecule has 0 bridgehead atoms. The zero-order chi connectivity index (χ0) is 16.2. The second kappa shape index (κ2) is 6.80. The molecule has 0 saturated heterocycles. The first-order chi connectivity index (χ1) is 10.5. The van der Waals surface area contributed by atoms with Gasteiger partial charge in [-0.05, 0) is 50.3 Å². The van der Waals surface area contributed by atoms with E-state index in [2.05, 4.69) is 11.4 Å². The largest absolute Gasteiger partial charge is 0.495 e. The van der Waals surface area contributed by atoms with Crippen LogP contribution in [0.15, 0.2) is 18.2 Å². The molecule has 5 nitrogen and oxygen atoms in total. The molecule has 0 spiro atoms. The molecule has 0 unspecified atom stereocenters. The number of carbonyl (C=O) groups is 1. The number of anilines is 1. The molecule has 1 aromatic carbocycles. The molecule has 0 aromatic heterocycles. The van der Waals surface area contributed by atoms with Gasteiger partial charge < -0.3 is 14.8 Å². The van der Waals surface area contributed by atoms with Gasteiger partial charge in [0.15, 0.2) is 0 Å². The van der Waals surface area contributed by atoms with Gasteiger partial charge >= 0.3 is 0 Å². The molecule has 22 heavy (non-hydrogen) atoms. The van der Waals surface area contributed by atoms with E-state index >= 15 is 0 Å². The Morgan fingerprint density at radius 3 is 2.77 bits per heavy atom. The van der Waals surface area contributed by atoms with Crippen LogP contribution in [0.1, 0.15) is 38.7 Å². The maximum Gasteiger partial charge on any atom is 0.256 e. The zero-order valence-electron chi connectivity index (χ0n) is 13.3. The topological polar surface area (TPSA) is 71.3 Å². The van der Waals surface area contributed by atoms with Crippen LogP contribution in [0.25, 0.3) is 0 Å². The third-order valence-electron chi connectivity index (χ3n) is 3.99. The van der Waals surface area contributed by atoms with Crippen molar-refractivity contribution in [1.29, 1.82) is 5.26 Å². The molecule has 0 aliphatic heterocycles. The smallest absolute Gasteiger partial charge is 0.256 e. The van der Waals surface area contributed by atoms with Gasteiger partial charge in [-0.25, -0.2) is 0 Å². The van der Waals surface area contributed by atoms with E-state index in [4.69, 9.17) is 14.7 Å². The number of hydrogen-bond donors (Lipinski definition) is 1. The summed E-state index contributed by atoms with van der Waals surface area (Å²) in [5, 5.41) is 12.0. The molecule has 0 radical (unpaired) electrons. The number of carbonyl (C=O) groups excluding carboxylic acids is 1. The molecule has 118 valence electrons. The molecule has 1 amide bonds. The average molecular weight is 302 g/mol. The van der Waals surface area contributed by atoms with Gasteiger partial charge in [-0.15, -0.1) is 0 Å². The van der Waals surface area contributed by atoms with E-state index in [9.17, 15) is 4.79 Å². The summed E-state index contributed by atoms with van der Waals surface area (Å²) in [5.41, 5.74) is 0.167. The summed E-state index contributed by atoms with van der Waals surface area (Å²) < 4.78 is 10.9. The summed E-state index contributed by atoms with van der Waals surface area (Å²) in [6.45, 7) is 4.44. The van der Waals surface area contributed by atoms with Crippen molar-refractivity contribution in [3.8, 4) is 11.8 Å². The number of amides is 1. The SMILES string of the molecule is CCCO[C@@](C)(C(=O)Nc1ccc(OC)c(C#N)c1)C1CC1. The van der Waals surface area contributed by atoms with Crippen molar-refractivity contribution in [2.24, 2.45) is 5.92 Å². The number of methoxy groups -OCH3 is 1. The minimum Gasteiger partial charge on any atom is -0.495 e. The number of nitrogens with one attached hydrogen (secondary N) is 1. The summed E-state index contributed by atoms with van der Waals surface area (Å²) in [4.78, 5) is 12.6. The molecule has 1 aromatic rings. The Morgan fingerprint density at radius 1 is 1.50 bits per heavy atom. The quantitative estimate of drug-likeness (QED) is 0.840. The first-order valence-electron chi connectivity index (χ1n) is 7.58. The number of nitriles is 1. The van der Waals surface area contributed by atoms with E-state index in [1.807, 2.05) is 13.8 Å². The van der Waals surface area contributed by atoms with Gasteiger partial charge in [-0.2, -0.15) is 5.26 Å². The fourth-order valence-corrected chi connectivity index (χ4v) is 2.45.